The number of ether oxygens (including phenoxy) is 2. The molecule has 0 aliphatic carbocycles. The molecule has 2 heterocycles. The van der Waals surface area contributed by atoms with Gasteiger partial charge in [0.2, 0.25) is 0 Å². The number of hydrogen-bond donors (Lipinski definition) is 1. The Balaban J connectivity index is 1.83. The van der Waals surface area contributed by atoms with E-state index in [-0.39, 0.29) is 23.5 Å². The summed E-state index contributed by atoms with van der Waals surface area (Å²) in [6, 6.07) is 20.9. The number of phenolic OH excluding ortho intramolecular Hbond substituents is 1. The average Bonchev–Trinajstić information content (AvgIpc) is 3.24. The first-order valence-electron chi connectivity index (χ1n) is 11.8. The number of aromatic nitrogens is 1. The number of carbonyl (C=O) groups excluding carboxylic acids is 1. The lowest BCUT2D eigenvalue weighted by molar-refractivity contribution is -0.138. The predicted octanol–water partition coefficient (Wildman–Crippen LogP) is 4.41. The Morgan fingerprint density at radius 3 is 2.63 bits per heavy atom. The first-order chi connectivity index (χ1) is 18.4. The standard InChI is InChI=1S/C29H23BrN2O5S/c1-3-37-28(35)24-25(18-8-5-4-6-9-18)31-29-32(26(24)19-10-7-11-20(16-19)36-2)27(34)23(38-29)15-17-12-13-22(33)21(30)14-17/h4-16,26,33H,3H2,1-2H3/b23-15-/t26-/m0/s1. The first-order valence-corrected chi connectivity index (χ1v) is 13.4. The molecule has 192 valence electrons. The van der Waals surface area contributed by atoms with Gasteiger partial charge in [0.25, 0.3) is 5.56 Å². The lowest BCUT2D eigenvalue weighted by Gasteiger charge is -2.26. The van der Waals surface area contributed by atoms with E-state index in [1.807, 2.05) is 54.6 Å². The van der Waals surface area contributed by atoms with Gasteiger partial charge in [0, 0.05) is 5.56 Å². The van der Waals surface area contributed by atoms with Gasteiger partial charge in [0.05, 0.1) is 40.0 Å². The van der Waals surface area contributed by atoms with Crippen LogP contribution in [0.3, 0.4) is 0 Å². The highest BCUT2D eigenvalue weighted by molar-refractivity contribution is 9.10. The lowest BCUT2D eigenvalue weighted by Crippen LogP contribution is -2.40. The number of benzene rings is 3. The molecule has 0 bridgehead atoms. The van der Waals surface area contributed by atoms with E-state index in [0.29, 0.717) is 30.8 Å². The third-order valence-electron chi connectivity index (χ3n) is 6.05. The fraction of sp³-hybridized carbons (Fsp3) is 0.138. The Kier molecular flexibility index (Phi) is 7.31. The molecule has 9 heteroatoms. The molecule has 0 fully saturated rings. The summed E-state index contributed by atoms with van der Waals surface area (Å²) in [6.07, 6.45) is 1.74. The number of esters is 1. The van der Waals surface area contributed by atoms with Gasteiger partial charge < -0.3 is 14.6 Å². The number of fused-ring (bicyclic) bond motifs is 1. The highest BCUT2D eigenvalue weighted by Crippen LogP contribution is 2.36. The van der Waals surface area contributed by atoms with Gasteiger partial charge in [-0.05, 0) is 64.3 Å². The molecular formula is C29H23BrN2O5S. The van der Waals surface area contributed by atoms with Crippen molar-refractivity contribution >= 4 is 45.0 Å². The maximum Gasteiger partial charge on any atom is 0.338 e. The quantitative estimate of drug-likeness (QED) is 0.336. The van der Waals surface area contributed by atoms with Crippen LogP contribution in [0.2, 0.25) is 0 Å². The third-order valence-corrected chi connectivity index (χ3v) is 7.67. The Labute approximate surface area is 230 Å². The van der Waals surface area contributed by atoms with Gasteiger partial charge in [0.1, 0.15) is 11.5 Å². The minimum atomic E-state index is -0.788. The molecule has 0 spiro atoms. The first kappa shape index (κ1) is 25.7. The fourth-order valence-electron chi connectivity index (χ4n) is 4.33. The zero-order chi connectivity index (χ0) is 26.8. The predicted molar refractivity (Wildman–Crippen MR) is 150 cm³/mol. The van der Waals surface area contributed by atoms with Crippen LogP contribution in [0.4, 0.5) is 0 Å². The summed E-state index contributed by atoms with van der Waals surface area (Å²) >= 11 is 4.56. The van der Waals surface area contributed by atoms with Gasteiger partial charge in [-0.2, -0.15) is 0 Å². The molecule has 38 heavy (non-hydrogen) atoms. The summed E-state index contributed by atoms with van der Waals surface area (Å²) in [5.41, 5.74) is 2.60. The van der Waals surface area contributed by atoms with E-state index in [2.05, 4.69) is 15.9 Å². The zero-order valence-electron chi connectivity index (χ0n) is 20.6. The molecule has 1 N–H and O–H groups in total. The Bertz CT molecular complexity index is 1740. The van der Waals surface area contributed by atoms with Crippen LogP contribution in [-0.4, -0.2) is 29.4 Å². The Morgan fingerprint density at radius 1 is 1.13 bits per heavy atom. The Hall–Kier alpha value is -3.95. The van der Waals surface area contributed by atoms with Gasteiger partial charge in [-0.3, -0.25) is 9.36 Å². The van der Waals surface area contributed by atoms with Crippen molar-refractivity contribution in [2.24, 2.45) is 4.99 Å². The van der Waals surface area contributed by atoms with Crippen LogP contribution >= 0.6 is 27.3 Å². The number of methoxy groups -OCH3 is 1. The van der Waals surface area contributed by atoms with Crippen molar-refractivity contribution in [2.75, 3.05) is 13.7 Å². The molecule has 0 saturated carbocycles. The van der Waals surface area contributed by atoms with E-state index in [1.54, 1.807) is 42.9 Å². The van der Waals surface area contributed by atoms with Crippen molar-refractivity contribution in [3.63, 3.8) is 0 Å². The van der Waals surface area contributed by atoms with Crippen molar-refractivity contribution in [1.82, 2.24) is 4.57 Å². The minimum absolute atomic E-state index is 0.105. The summed E-state index contributed by atoms with van der Waals surface area (Å²) < 4.78 is 13.4. The number of carbonyl (C=O) groups is 1. The summed E-state index contributed by atoms with van der Waals surface area (Å²) in [5, 5.41) is 9.86. The minimum Gasteiger partial charge on any atom is -0.507 e. The normalized spacial score (nSPS) is 15.1. The summed E-state index contributed by atoms with van der Waals surface area (Å²) in [6.45, 7) is 1.92. The lowest BCUT2D eigenvalue weighted by atomic mass is 9.93. The molecule has 1 aromatic heterocycles. The number of nitrogens with zero attached hydrogens (tertiary/aromatic N) is 2. The van der Waals surface area contributed by atoms with E-state index in [4.69, 9.17) is 14.5 Å². The van der Waals surface area contributed by atoms with Crippen molar-refractivity contribution in [2.45, 2.75) is 13.0 Å². The highest BCUT2D eigenvalue weighted by atomic mass is 79.9. The zero-order valence-corrected chi connectivity index (χ0v) is 23.0. The molecule has 3 aromatic carbocycles. The average molecular weight is 591 g/mol. The number of aromatic hydroxyl groups is 1. The highest BCUT2D eigenvalue weighted by Gasteiger charge is 2.35. The molecular weight excluding hydrogens is 568 g/mol. The smallest absolute Gasteiger partial charge is 0.338 e. The molecule has 7 nitrogen and oxygen atoms in total. The number of hydrogen-bond acceptors (Lipinski definition) is 7. The Morgan fingerprint density at radius 2 is 1.92 bits per heavy atom. The summed E-state index contributed by atoms with van der Waals surface area (Å²) in [5.74, 6) is 0.160. The van der Waals surface area contributed by atoms with Crippen molar-refractivity contribution in [3.8, 4) is 11.5 Å². The molecule has 5 rings (SSSR count). The number of phenols is 1. The second-order valence-electron chi connectivity index (χ2n) is 8.42. The molecule has 1 atom stereocenters. The van der Waals surface area contributed by atoms with Gasteiger partial charge in [-0.1, -0.05) is 59.9 Å². The van der Waals surface area contributed by atoms with Crippen LogP contribution in [0.15, 0.2) is 92.6 Å². The summed E-state index contributed by atoms with van der Waals surface area (Å²) in [7, 11) is 1.57. The van der Waals surface area contributed by atoms with Gasteiger partial charge in [0.15, 0.2) is 4.80 Å². The van der Waals surface area contributed by atoms with Crippen LogP contribution in [0.25, 0.3) is 11.8 Å². The third kappa shape index (κ3) is 4.82. The van der Waals surface area contributed by atoms with E-state index >= 15 is 0 Å². The largest absolute Gasteiger partial charge is 0.507 e. The topological polar surface area (TPSA) is 90.1 Å². The van der Waals surface area contributed by atoms with E-state index < -0.39 is 12.0 Å². The molecule has 4 aromatic rings. The molecule has 0 amide bonds. The van der Waals surface area contributed by atoms with Crippen LogP contribution in [-0.2, 0) is 9.53 Å². The maximum atomic E-state index is 13.9. The van der Waals surface area contributed by atoms with Crippen molar-refractivity contribution in [1.29, 1.82) is 0 Å². The van der Waals surface area contributed by atoms with Crippen LogP contribution in [0, 0.1) is 0 Å². The number of rotatable bonds is 6. The van der Waals surface area contributed by atoms with E-state index in [9.17, 15) is 14.7 Å². The van der Waals surface area contributed by atoms with Crippen LogP contribution in [0.5, 0.6) is 11.5 Å². The van der Waals surface area contributed by atoms with Crippen molar-refractivity contribution < 1.29 is 19.4 Å². The second kappa shape index (κ2) is 10.8. The van der Waals surface area contributed by atoms with E-state index in [1.165, 1.54) is 11.3 Å². The molecule has 1 aliphatic rings. The fourth-order valence-corrected chi connectivity index (χ4v) is 5.73. The molecule has 0 unspecified atom stereocenters. The monoisotopic (exact) mass is 590 g/mol. The van der Waals surface area contributed by atoms with E-state index in [0.717, 1.165) is 11.1 Å². The second-order valence-corrected chi connectivity index (χ2v) is 10.3. The number of thiazole rings is 1. The van der Waals surface area contributed by atoms with Gasteiger partial charge >= 0.3 is 5.97 Å². The van der Waals surface area contributed by atoms with Crippen LogP contribution in [0.1, 0.15) is 29.7 Å². The maximum absolute atomic E-state index is 13.9. The van der Waals surface area contributed by atoms with Gasteiger partial charge in [-0.15, -0.1) is 0 Å². The molecule has 1 aliphatic heterocycles. The molecule has 0 radical (unpaired) electrons. The summed E-state index contributed by atoms with van der Waals surface area (Å²) in [4.78, 5) is 32.7. The SMILES string of the molecule is CCOC(=O)C1=C(c2ccccc2)N=c2s/c(=C\c3ccc(O)c(Br)c3)c(=O)n2[C@H]1c1cccc(OC)c1. The van der Waals surface area contributed by atoms with Gasteiger partial charge in [-0.25, -0.2) is 9.79 Å². The number of halogens is 1. The van der Waals surface area contributed by atoms with Crippen molar-refractivity contribution in [3.05, 3.63) is 119 Å². The van der Waals surface area contributed by atoms with Crippen LogP contribution < -0.4 is 19.6 Å². The molecule has 0 saturated heterocycles.